The molecule has 0 unspecified atom stereocenters. The zero-order chi connectivity index (χ0) is 19.0. The van der Waals surface area contributed by atoms with Gasteiger partial charge in [-0.2, -0.15) is 0 Å². The van der Waals surface area contributed by atoms with Gasteiger partial charge in [-0.25, -0.2) is 14.5 Å². The highest BCUT2D eigenvalue weighted by atomic mass is 35.5. The van der Waals surface area contributed by atoms with Gasteiger partial charge in [-0.1, -0.05) is 11.6 Å². The van der Waals surface area contributed by atoms with Gasteiger partial charge in [0.2, 0.25) is 5.88 Å². The normalized spacial score (nSPS) is 23.2. The van der Waals surface area contributed by atoms with Crippen LogP contribution in [-0.2, 0) is 0 Å². The van der Waals surface area contributed by atoms with Crippen molar-refractivity contribution in [2.75, 3.05) is 6.61 Å². The zero-order valence-corrected chi connectivity index (χ0v) is 14.2. The minimum Gasteiger partial charge on any atom is -0.478 e. The molecule has 1 N–H and O–H groups in total. The van der Waals surface area contributed by atoms with Crippen LogP contribution in [-0.4, -0.2) is 32.4 Å². The molecule has 0 saturated heterocycles. The fraction of sp³-hybridized carbons (Fsp3) is 0.500. The Bertz CT molecular complexity index is 935. The van der Waals surface area contributed by atoms with Crippen molar-refractivity contribution >= 4 is 17.6 Å². The molecule has 3 saturated carbocycles. The van der Waals surface area contributed by atoms with Crippen molar-refractivity contribution in [1.82, 2.24) is 14.8 Å². The second-order valence-electron chi connectivity index (χ2n) is 7.15. The molecule has 0 aliphatic heterocycles. The molecule has 3 fully saturated rings. The van der Waals surface area contributed by atoms with Gasteiger partial charge < -0.3 is 9.84 Å². The molecule has 6 nitrogen and oxygen atoms in total. The highest BCUT2D eigenvalue weighted by Gasteiger charge is 2.85. The molecule has 0 amide bonds. The van der Waals surface area contributed by atoms with Gasteiger partial charge >= 0.3 is 5.97 Å². The maximum Gasteiger partial charge on any atom is 0.338 e. The number of carboxylic acids is 1. The van der Waals surface area contributed by atoms with E-state index in [1.165, 1.54) is 16.8 Å². The van der Waals surface area contributed by atoms with Crippen LogP contribution in [0.3, 0.4) is 0 Å². The van der Waals surface area contributed by atoms with Crippen LogP contribution in [0.1, 0.15) is 45.2 Å². The minimum absolute atomic E-state index is 0.0235. The van der Waals surface area contributed by atoms with Gasteiger partial charge in [-0.05, 0) is 60.9 Å². The molecule has 2 aromatic rings. The fourth-order valence-corrected chi connectivity index (χ4v) is 4.62. The average molecular weight is 362 g/mol. The van der Waals surface area contributed by atoms with Crippen molar-refractivity contribution in [1.29, 1.82) is 0 Å². The Balaban J connectivity index is 1.28. The lowest BCUT2D eigenvalue weighted by molar-refractivity contribution is 0.0696. The summed E-state index contributed by atoms with van der Waals surface area (Å²) in [5, 5.41) is 13.1. The molecule has 2 spiro atoms. The van der Waals surface area contributed by atoms with Crippen molar-refractivity contribution in [3.63, 3.8) is 0 Å². The van der Waals surface area contributed by atoms with Crippen molar-refractivity contribution in [3.05, 3.63) is 35.1 Å². The second kappa shape index (κ2) is 4.97. The summed E-state index contributed by atoms with van der Waals surface area (Å²) in [5.41, 5.74) is 0.460. The summed E-state index contributed by atoms with van der Waals surface area (Å²) in [6.07, 6.45) is 4.89. The monoisotopic (exact) mass is 361 g/mol. The van der Waals surface area contributed by atoms with Gasteiger partial charge in [-0.3, -0.25) is 0 Å². The highest BCUT2D eigenvalue weighted by molar-refractivity contribution is 6.32. The van der Waals surface area contributed by atoms with Gasteiger partial charge in [0.1, 0.15) is 5.15 Å². The van der Waals surface area contributed by atoms with Crippen LogP contribution in [0, 0.1) is 16.7 Å². The molecule has 3 aliphatic rings. The highest BCUT2D eigenvalue weighted by Crippen LogP contribution is 2.93. The predicted molar refractivity (Wildman–Crippen MR) is 90.3 cm³/mol. The number of nitrogens with zero attached hydrogens (tertiary/aromatic N) is 3. The standard InChI is InChI=1S/C18H18ClN3O3/c19-15-11(16(23)24)1-2-13(20-15)22-9-3-14(21-22)25-10-4-12-17(5-6-17)18(12)7-8-18/h1-3,9,12H,4-8,10H2,(H,23,24)/i4D2. The molecular weight excluding hydrogens is 342 g/mol. The summed E-state index contributed by atoms with van der Waals surface area (Å²) < 4.78 is 24.0. The molecule has 0 bridgehead atoms. The van der Waals surface area contributed by atoms with E-state index in [0.717, 1.165) is 25.7 Å². The number of rotatable bonds is 6. The first-order chi connectivity index (χ1) is 12.8. The lowest BCUT2D eigenvalue weighted by Crippen LogP contribution is -2.05. The molecule has 2 aromatic heterocycles. The topological polar surface area (TPSA) is 77.2 Å². The van der Waals surface area contributed by atoms with Gasteiger partial charge in [0.05, 0.1) is 12.2 Å². The van der Waals surface area contributed by atoms with E-state index in [1.807, 2.05) is 0 Å². The first-order valence-corrected chi connectivity index (χ1v) is 8.76. The van der Waals surface area contributed by atoms with Crippen LogP contribution in [0.25, 0.3) is 5.82 Å². The maximum atomic E-state index is 11.0. The van der Waals surface area contributed by atoms with Gasteiger partial charge in [0.25, 0.3) is 0 Å². The van der Waals surface area contributed by atoms with E-state index in [0.29, 0.717) is 11.7 Å². The summed E-state index contributed by atoms with van der Waals surface area (Å²) in [7, 11) is 0. The van der Waals surface area contributed by atoms with Crippen molar-refractivity contribution in [2.24, 2.45) is 16.7 Å². The number of aromatic carboxylic acids is 1. The number of hydrogen-bond donors (Lipinski definition) is 1. The minimum atomic E-state index is -1.36. The number of ether oxygens (including phenoxy) is 1. The molecule has 3 aliphatic carbocycles. The Kier molecular flexibility index (Phi) is 2.62. The van der Waals surface area contributed by atoms with E-state index < -0.39 is 12.3 Å². The number of carbonyl (C=O) groups is 1. The van der Waals surface area contributed by atoms with E-state index >= 15 is 0 Å². The van der Waals surface area contributed by atoms with E-state index in [-0.39, 0.29) is 34.1 Å². The molecule has 7 heteroatoms. The van der Waals surface area contributed by atoms with Crippen LogP contribution in [0.2, 0.25) is 5.15 Å². The molecule has 25 heavy (non-hydrogen) atoms. The van der Waals surface area contributed by atoms with Crippen molar-refractivity contribution < 1.29 is 17.4 Å². The molecule has 5 rings (SSSR count). The Hall–Kier alpha value is -2.08. The Morgan fingerprint density at radius 2 is 2.08 bits per heavy atom. The summed E-state index contributed by atoms with van der Waals surface area (Å²) in [5.74, 6) is -0.371. The third-order valence-electron chi connectivity index (χ3n) is 5.96. The Morgan fingerprint density at radius 3 is 2.68 bits per heavy atom. The van der Waals surface area contributed by atoms with Gasteiger partial charge in [-0.15, -0.1) is 5.10 Å². The second-order valence-corrected chi connectivity index (χ2v) is 7.51. The number of aromatic nitrogens is 3. The molecule has 130 valence electrons. The number of pyridine rings is 1. The summed E-state index contributed by atoms with van der Waals surface area (Å²) in [6.45, 7) is -0.0235. The summed E-state index contributed by atoms with van der Waals surface area (Å²) >= 11 is 5.90. The molecule has 0 aromatic carbocycles. The third-order valence-corrected chi connectivity index (χ3v) is 6.25. The van der Waals surface area contributed by atoms with E-state index in [9.17, 15) is 4.79 Å². The first-order valence-electron chi connectivity index (χ1n) is 9.38. The van der Waals surface area contributed by atoms with E-state index in [4.69, 9.17) is 24.2 Å². The van der Waals surface area contributed by atoms with E-state index in [1.54, 1.807) is 12.3 Å². The lowest BCUT2D eigenvalue weighted by Gasteiger charge is -2.04. The summed E-state index contributed by atoms with van der Waals surface area (Å²) in [4.78, 5) is 15.0. The van der Waals surface area contributed by atoms with Crippen LogP contribution in [0.15, 0.2) is 24.4 Å². The molecule has 0 atom stereocenters. The van der Waals surface area contributed by atoms with E-state index in [2.05, 4.69) is 10.1 Å². The molecule has 0 radical (unpaired) electrons. The van der Waals surface area contributed by atoms with Crippen LogP contribution in [0.5, 0.6) is 5.88 Å². The van der Waals surface area contributed by atoms with Crippen LogP contribution >= 0.6 is 11.6 Å². The Labute approximate surface area is 152 Å². The quantitative estimate of drug-likeness (QED) is 0.796. The number of carboxylic acid groups (broad SMARTS) is 1. The predicted octanol–water partition coefficient (Wildman–Crippen LogP) is 3.58. The summed E-state index contributed by atoms with van der Waals surface area (Å²) in [6, 6.07) is 4.50. The van der Waals surface area contributed by atoms with Crippen molar-refractivity contribution in [2.45, 2.75) is 32.1 Å². The number of fused-ring (bicyclic) bond motifs is 1. The molecular formula is C18H18ClN3O3. The largest absolute Gasteiger partial charge is 0.478 e. The smallest absolute Gasteiger partial charge is 0.338 e. The maximum absolute atomic E-state index is 11.0. The van der Waals surface area contributed by atoms with Crippen LogP contribution < -0.4 is 4.74 Å². The molecule has 2 heterocycles. The van der Waals surface area contributed by atoms with Gasteiger partial charge in [0.15, 0.2) is 5.82 Å². The Morgan fingerprint density at radius 1 is 1.36 bits per heavy atom. The lowest BCUT2D eigenvalue weighted by atomic mass is 10.2. The third kappa shape index (κ3) is 2.20. The van der Waals surface area contributed by atoms with Crippen LogP contribution in [0.4, 0.5) is 0 Å². The van der Waals surface area contributed by atoms with Crippen molar-refractivity contribution in [3.8, 4) is 11.7 Å². The number of hydrogen-bond acceptors (Lipinski definition) is 4. The average Bonchev–Trinajstić information content (AvgIpc) is 3.57. The zero-order valence-electron chi connectivity index (χ0n) is 15.4. The fourth-order valence-electron chi connectivity index (χ4n) is 4.39. The van der Waals surface area contributed by atoms with Gasteiger partial charge in [0, 0.05) is 15.0 Å². The number of halogens is 1. The first kappa shape index (κ1) is 13.2. The SMILES string of the molecule is [2H]C([2H])(COc1ccn(-c2ccc(C(=O)O)c(Cl)n2)n1)C1C2(CC2)C12CC2.